The van der Waals surface area contributed by atoms with Gasteiger partial charge in [-0.15, -0.1) is 0 Å². The SMILES string of the molecule is Cc1cc(-c2cnc(C(C)(C)C)nc2C2CCN(C(=O)c3cccc(Cl)c3)CC2)on1. The van der Waals surface area contributed by atoms with Crippen LogP contribution < -0.4 is 0 Å². The second-order valence-electron chi connectivity index (χ2n) is 9.15. The Labute approximate surface area is 187 Å². The van der Waals surface area contributed by atoms with E-state index < -0.39 is 0 Å². The summed E-state index contributed by atoms with van der Waals surface area (Å²) in [6, 6.07) is 9.03. The highest BCUT2D eigenvalue weighted by molar-refractivity contribution is 6.30. The Bertz CT molecular complexity index is 1090. The molecule has 4 rings (SSSR count). The molecule has 0 radical (unpaired) electrons. The summed E-state index contributed by atoms with van der Waals surface area (Å²) in [4.78, 5) is 24.4. The molecule has 1 aliphatic rings. The minimum absolute atomic E-state index is 0.0186. The fourth-order valence-corrected chi connectivity index (χ4v) is 4.10. The Morgan fingerprint density at radius 2 is 1.94 bits per heavy atom. The summed E-state index contributed by atoms with van der Waals surface area (Å²) in [7, 11) is 0. The van der Waals surface area contributed by atoms with Crippen LogP contribution in [0.3, 0.4) is 0 Å². The zero-order valence-corrected chi connectivity index (χ0v) is 19.1. The number of rotatable bonds is 3. The molecule has 0 N–H and O–H groups in total. The maximum atomic E-state index is 12.9. The van der Waals surface area contributed by atoms with Crippen LogP contribution in [0.25, 0.3) is 11.3 Å². The monoisotopic (exact) mass is 438 g/mol. The number of carbonyl (C=O) groups excluding carboxylic acids is 1. The van der Waals surface area contributed by atoms with Crippen molar-refractivity contribution in [2.24, 2.45) is 0 Å². The van der Waals surface area contributed by atoms with Gasteiger partial charge in [0.15, 0.2) is 5.76 Å². The van der Waals surface area contributed by atoms with Crippen molar-refractivity contribution in [1.82, 2.24) is 20.0 Å². The standard InChI is InChI=1S/C24H27ClN4O2/c1-15-12-20(31-28-15)19-14-26-23(24(2,3)4)27-21(19)16-8-10-29(11-9-16)22(30)17-6-5-7-18(25)13-17/h5-7,12-14,16H,8-11H2,1-4H3. The molecule has 1 amide bonds. The molecule has 1 fully saturated rings. The van der Waals surface area contributed by atoms with Crippen LogP contribution in [0.5, 0.6) is 0 Å². The highest BCUT2D eigenvalue weighted by Crippen LogP contribution is 2.35. The third kappa shape index (κ3) is 4.64. The van der Waals surface area contributed by atoms with Crippen molar-refractivity contribution in [2.75, 3.05) is 13.1 Å². The van der Waals surface area contributed by atoms with Gasteiger partial charge in [-0.05, 0) is 38.0 Å². The predicted molar refractivity (Wildman–Crippen MR) is 120 cm³/mol. The predicted octanol–water partition coefficient (Wildman–Crippen LogP) is 5.41. The fraction of sp³-hybridized carbons (Fsp3) is 0.417. The van der Waals surface area contributed by atoms with Crippen molar-refractivity contribution in [3.63, 3.8) is 0 Å². The number of hydrogen-bond donors (Lipinski definition) is 0. The zero-order chi connectivity index (χ0) is 22.2. The molecule has 0 atom stereocenters. The van der Waals surface area contributed by atoms with Crippen LogP contribution in [0.4, 0.5) is 0 Å². The lowest BCUT2D eigenvalue weighted by molar-refractivity contribution is 0.0712. The molecule has 1 aliphatic heterocycles. The fourth-order valence-electron chi connectivity index (χ4n) is 3.91. The molecule has 2 aromatic heterocycles. The third-order valence-electron chi connectivity index (χ3n) is 5.62. The van der Waals surface area contributed by atoms with Gasteiger partial charge in [-0.3, -0.25) is 4.79 Å². The number of aromatic nitrogens is 3. The van der Waals surface area contributed by atoms with Gasteiger partial charge in [-0.1, -0.05) is 43.6 Å². The minimum atomic E-state index is -0.159. The smallest absolute Gasteiger partial charge is 0.253 e. The summed E-state index contributed by atoms with van der Waals surface area (Å²) in [6.45, 7) is 9.56. The Balaban J connectivity index is 1.59. The molecule has 3 heterocycles. The van der Waals surface area contributed by atoms with E-state index in [-0.39, 0.29) is 17.2 Å². The van der Waals surface area contributed by atoms with Gasteiger partial charge in [-0.2, -0.15) is 0 Å². The molecule has 0 aliphatic carbocycles. The molecule has 1 saturated heterocycles. The number of benzene rings is 1. The molecule has 162 valence electrons. The van der Waals surface area contributed by atoms with E-state index in [1.54, 1.807) is 12.1 Å². The molecule has 7 heteroatoms. The topological polar surface area (TPSA) is 72.1 Å². The summed E-state index contributed by atoms with van der Waals surface area (Å²) in [6.07, 6.45) is 3.51. The van der Waals surface area contributed by atoms with Gasteiger partial charge in [0.05, 0.1) is 17.0 Å². The number of halogens is 1. The maximum Gasteiger partial charge on any atom is 0.253 e. The molecular formula is C24H27ClN4O2. The molecule has 0 spiro atoms. The largest absolute Gasteiger partial charge is 0.356 e. The lowest BCUT2D eigenvalue weighted by Crippen LogP contribution is -2.38. The Hall–Kier alpha value is -2.73. The first-order chi connectivity index (χ1) is 14.7. The number of piperidine rings is 1. The number of carbonyl (C=O) groups is 1. The lowest BCUT2D eigenvalue weighted by atomic mass is 9.88. The lowest BCUT2D eigenvalue weighted by Gasteiger charge is -2.33. The summed E-state index contributed by atoms with van der Waals surface area (Å²) in [5.41, 5.74) is 3.15. The Morgan fingerprint density at radius 3 is 2.55 bits per heavy atom. The van der Waals surface area contributed by atoms with Gasteiger partial charge in [0.1, 0.15) is 5.82 Å². The van der Waals surface area contributed by atoms with Gasteiger partial charge in [0.2, 0.25) is 0 Å². The van der Waals surface area contributed by atoms with Crippen LogP contribution in [0, 0.1) is 6.92 Å². The third-order valence-corrected chi connectivity index (χ3v) is 5.86. The first-order valence-corrected chi connectivity index (χ1v) is 11.0. The summed E-state index contributed by atoms with van der Waals surface area (Å²) < 4.78 is 5.53. The maximum absolute atomic E-state index is 12.9. The number of aryl methyl sites for hydroxylation is 1. The first-order valence-electron chi connectivity index (χ1n) is 10.6. The van der Waals surface area contributed by atoms with E-state index in [1.165, 1.54) is 0 Å². The van der Waals surface area contributed by atoms with Crippen LogP contribution in [0.2, 0.25) is 5.02 Å². The molecule has 31 heavy (non-hydrogen) atoms. The van der Waals surface area contributed by atoms with Crippen molar-refractivity contribution < 1.29 is 9.32 Å². The Morgan fingerprint density at radius 1 is 1.19 bits per heavy atom. The van der Waals surface area contributed by atoms with Gasteiger partial charge in [-0.25, -0.2) is 9.97 Å². The van der Waals surface area contributed by atoms with Crippen LogP contribution in [0.1, 0.15) is 67.1 Å². The average Bonchev–Trinajstić information content (AvgIpc) is 3.18. The van der Waals surface area contributed by atoms with Gasteiger partial charge >= 0.3 is 0 Å². The molecule has 6 nitrogen and oxygen atoms in total. The number of hydrogen-bond acceptors (Lipinski definition) is 5. The Kier molecular flexibility index (Phi) is 5.84. The number of amides is 1. The van der Waals surface area contributed by atoms with Crippen LogP contribution >= 0.6 is 11.6 Å². The summed E-state index contributed by atoms with van der Waals surface area (Å²) in [5.74, 6) is 1.73. The van der Waals surface area contributed by atoms with Gasteiger partial charge < -0.3 is 9.42 Å². The molecule has 1 aromatic carbocycles. The first kappa shape index (κ1) is 21.5. The minimum Gasteiger partial charge on any atom is -0.356 e. The molecule has 0 saturated carbocycles. The molecular weight excluding hydrogens is 412 g/mol. The van der Waals surface area contributed by atoms with E-state index in [0.29, 0.717) is 29.4 Å². The zero-order valence-electron chi connectivity index (χ0n) is 18.4. The second kappa shape index (κ2) is 8.42. The van der Waals surface area contributed by atoms with E-state index >= 15 is 0 Å². The molecule has 0 unspecified atom stereocenters. The molecule has 3 aromatic rings. The van der Waals surface area contributed by atoms with Gasteiger partial charge in [0.25, 0.3) is 5.91 Å². The summed E-state index contributed by atoms with van der Waals surface area (Å²) >= 11 is 6.06. The van der Waals surface area contributed by atoms with Crippen LogP contribution in [-0.4, -0.2) is 39.0 Å². The number of nitrogens with zero attached hydrogens (tertiary/aromatic N) is 4. The van der Waals surface area contributed by atoms with Crippen molar-refractivity contribution in [1.29, 1.82) is 0 Å². The van der Waals surface area contributed by atoms with Crippen molar-refractivity contribution >= 4 is 17.5 Å². The average molecular weight is 439 g/mol. The van der Waals surface area contributed by atoms with E-state index in [9.17, 15) is 4.79 Å². The van der Waals surface area contributed by atoms with E-state index in [2.05, 4.69) is 30.9 Å². The number of likely N-dealkylation sites (tertiary alicyclic amines) is 1. The second-order valence-corrected chi connectivity index (χ2v) is 9.59. The quantitative estimate of drug-likeness (QED) is 0.546. The highest BCUT2D eigenvalue weighted by Gasteiger charge is 2.30. The normalized spacial score (nSPS) is 15.3. The van der Waals surface area contributed by atoms with E-state index in [1.807, 2.05) is 36.2 Å². The van der Waals surface area contributed by atoms with E-state index in [4.69, 9.17) is 21.1 Å². The summed E-state index contributed by atoms with van der Waals surface area (Å²) in [5, 5.41) is 4.60. The van der Waals surface area contributed by atoms with Crippen molar-refractivity contribution in [3.05, 3.63) is 64.3 Å². The van der Waals surface area contributed by atoms with E-state index in [0.717, 1.165) is 35.6 Å². The van der Waals surface area contributed by atoms with Crippen LogP contribution in [-0.2, 0) is 5.41 Å². The van der Waals surface area contributed by atoms with Gasteiger partial charge in [0, 0.05) is 47.3 Å². The molecule has 0 bridgehead atoms. The van der Waals surface area contributed by atoms with Crippen LogP contribution in [0.15, 0.2) is 41.1 Å². The van der Waals surface area contributed by atoms with Crippen molar-refractivity contribution in [2.45, 2.75) is 51.9 Å². The highest BCUT2D eigenvalue weighted by atomic mass is 35.5. The van der Waals surface area contributed by atoms with Crippen molar-refractivity contribution in [3.8, 4) is 11.3 Å².